The van der Waals surface area contributed by atoms with E-state index in [9.17, 15) is 4.79 Å². The number of rotatable bonds is 4. The summed E-state index contributed by atoms with van der Waals surface area (Å²) in [5.74, 6) is 0.708. The molecule has 19 heavy (non-hydrogen) atoms. The van der Waals surface area contributed by atoms with Gasteiger partial charge in [-0.3, -0.25) is 4.79 Å². The summed E-state index contributed by atoms with van der Waals surface area (Å²) in [7, 11) is 1.74. The van der Waals surface area contributed by atoms with E-state index in [1.165, 1.54) is 0 Å². The number of halogens is 1. The average molecular weight is 327 g/mol. The lowest BCUT2D eigenvalue weighted by molar-refractivity contribution is 0.0206. The number of hydrogen-bond acceptors (Lipinski definition) is 3. The summed E-state index contributed by atoms with van der Waals surface area (Å²) in [6, 6.07) is 3.77. The monoisotopic (exact) mass is 326 g/mol. The van der Waals surface area contributed by atoms with Crippen molar-refractivity contribution in [2.45, 2.75) is 44.8 Å². The number of ether oxygens (including phenoxy) is 2. The van der Waals surface area contributed by atoms with Crippen molar-refractivity contribution in [3.05, 3.63) is 27.7 Å². The number of aldehydes is 1. The first-order valence-electron chi connectivity index (χ1n) is 6.58. The Bertz CT molecular complexity index is 459. The number of aryl methyl sites for hydroxylation is 1. The Balaban J connectivity index is 2.16. The van der Waals surface area contributed by atoms with Gasteiger partial charge in [0.25, 0.3) is 0 Å². The molecule has 0 spiro atoms. The SMILES string of the molecule is COC1CCCC(Oc2c(C)cc(Br)cc2C=O)C1. The van der Waals surface area contributed by atoms with Gasteiger partial charge >= 0.3 is 0 Å². The topological polar surface area (TPSA) is 35.5 Å². The highest BCUT2D eigenvalue weighted by atomic mass is 79.9. The molecule has 3 nitrogen and oxygen atoms in total. The van der Waals surface area contributed by atoms with Gasteiger partial charge in [0.2, 0.25) is 0 Å². The number of benzene rings is 1. The molecule has 1 fully saturated rings. The molecule has 2 unspecified atom stereocenters. The summed E-state index contributed by atoms with van der Waals surface area (Å²) in [6.45, 7) is 1.96. The summed E-state index contributed by atoms with van der Waals surface area (Å²) in [5.41, 5.74) is 1.59. The fourth-order valence-electron chi connectivity index (χ4n) is 2.59. The van der Waals surface area contributed by atoms with Gasteiger partial charge in [0.15, 0.2) is 6.29 Å². The van der Waals surface area contributed by atoms with E-state index in [1.807, 2.05) is 13.0 Å². The minimum Gasteiger partial charge on any atom is -0.489 e. The molecule has 104 valence electrons. The third kappa shape index (κ3) is 3.57. The molecular weight excluding hydrogens is 308 g/mol. The molecular formula is C15H19BrO3. The predicted octanol–water partition coefficient (Wildman–Crippen LogP) is 3.91. The van der Waals surface area contributed by atoms with Gasteiger partial charge in [-0.15, -0.1) is 0 Å². The Morgan fingerprint density at radius 1 is 1.32 bits per heavy atom. The zero-order valence-corrected chi connectivity index (χ0v) is 12.9. The minimum absolute atomic E-state index is 0.136. The fraction of sp³-hybridized carbons (Fsp3) is 0.533. The second-order valence-corrected chi connectivity index (χ2v) is 5.94. The summed E-state index contributed by atoms with van der Waals surface area (Å²) in [5, 5.41) is 0. The highest BCUT2D eigenvalue weighted by Crippen LogP contribution is 2.31. The molecule has 1 aromatic rings. The largest absolute Gasteiger partial charge is 0.489 e. The molecule has 1 aliphatic carbocycles. The van der Waals surface area contributed by atoms with Gasteiger partial charge < -0.3 is 9.47 Å². The van der Waals surface area contributed by atoms with Crippen LogP contribution < -0.4 is 4.74 Å². The van der Waals surface area contributed by atoms with Crippen LogP contribution in [0.3, 0.4) is 0 Å². The van der Waals surface area contributed by atoms with Crippen LogP contribution in [0.4, 0.5) is 0 Å². The third-order valence-corrected chi connectivity index (χ3v) is 4.05. The van der Waals surface area contributed by atoms with Gasteiger partial charge in [0, 0.05) is 18.0 Å². The second kappa shape index (κ2) is 6.53. The van der Waals surface area contributed by atoms with E-state index in [1.54, 1.807) is 13.2 Å². The molecule has 1 aliphatic rings. The van der Waals surface area contributed by atoms with Crippen molar-refractivity contribution in [3.63, 3.8) is 0 Å². The molecule has 0 amide bonds. The molecule has 0 radical (unpaired) electrons. The minimum atomic E-state index is 0.136. The molecule has 0 heterocycles. The molecule has 0 saturated heterocycles. The fourth-order valence-corrected chi connectivity index (χ4v) is 3.18. The van der Waals surface area contributed by atoms with E-state index < -0.39 is 0 Å². The highest BCUT2D eigenvalue weighted by molar-refractivity contribution is 9.10. The quantitative estimate of drug-likeness (QED) is 0.787. The van der Waals surface area contributed by atoms with Crippen LogP contribution in [0, 0.1) is 6.92 Å². The predicted molar refractivity (Wildman–Crippen MR) is 77.9 cm³/mol. The van der Waals surface area contributed by atoms with Gasteiger partial charge in [-0.25, -0.2) is 0 Å². The molecule has 2 rings (SSSR count). The molecule has 0 aromatic heterocycles. The Kier molecular flexibility index (Phi) is 4.99. The first kappa shape index (κ1) is 14.5. The lowest BCUT2D eigenvalue weighted by Crippen LogP contribution is -2.30. The van der Waals surface area contributed by atoms with Crippen LogP contribution in [-0.2, 0) is 4.74 Å². The van der Waals surface area contributed by atoms with Crippen molar-refractivity contribution < 1.29 is 14.3 Å². The highest BCUT2D eigenvalue weighted by Gasteiger charge is 2.24. The number of carbonyl (C=O) groups excluding carboxylic acids is 1. The molecule has 0 N–H and O–H groups in total. The van der Waals surface area contributed by atoms with E-state index in [0.717, 1.165) is 42.0 Å². The maximum Gasteiger partial charge on any atom is 0.153 e. The van der Waals surface area contributed by atoms with Crippen LogP contribution in [-0.4, -0.2) is 25.6 Å². The van der Waals surface area contributed by atoms with Gasteiger partial charge in [-0.2, -0.15) is 0 Å². The van der Waals surface area contributed by atoms with Gasteiger partial charge in [0.1, 0.15) is 11.9 Å². The van der Waals surface area contributed by atoms with Crippen molar-refractivity contribution in [1.29, 1.82) is 0 Å². The molecule has 4 heteroatoms. The average Bonchev–Trinajstić information content (AvgIpc) is 2.41. The summed E-state index contributed by atoms with van der Waals surface area (Å²) in [6.07, 6.45) is 5.37. The lowest BCUT2D eigenvalue weighted by Gasteiger charge is -2.29. The smallest absolute Gasteiger partial charge is 0.153 e. The first-order chi connectivity index (χ1) is 9.13. The van der Waals surface area contributed by atoms with E-state index in [0.29, 0.717) is 11.3 Å². The Hall–Kier alpha value is -0.870. The summed E-state index contributed by atoms with van der Waals surface area (Å²) >= 11 is 3.40. The van der Waals surface area contributed by atoms with Gasteiger partial charge in [0.05, 0.1) is 11.7 Å². The van der Waals surface area contributed by atoms with Crippen molar-refractivity contribution in [2.75, 3.05) is 7.11 Å². The molecule has 1 aromatic carbocycles. The number of carbonyl (C=O) groups is 1. The van der Waals surface area contributed by atoms with E-state index in [2.05, 4.69) is 15.9 Å². The first-order valence-corrected chi connectivity index (χ1v) is 7.38. The maximum absolute atomic E-state index is 11.2. The Morgan fingerprint density at radius 2 is 2.05 bits per heavy atom. The van der Waals surface area contributed by atoms with Crippen LogP contribution in [0.25, 0.3) is 0 Å². The summed E-state index contributed by atoms with van der Waals surface area (Å²) in [4.78, 5) is 11.2. The number of methoxy groups -OCH3 is 1. The van der Waals surface area contributed by atoms with Crippen LogP contribution in [0.1, 0.15) is 41.6 Å². The van der Waals surface area contributed by atoms with Gasteiger partial charge in [-0.05, 0) is 43.9 Å². The zero-order valence-electron chi connectivity index (χ0n) is 11.3. The van der Waals surface area contributed by atoms with Crippen LogP contribution in [0.15, 0.2) is 16.6 Å². The maximum atomic E-state index is 11.2. The van der Waals surface area contributed by atoms with E-state index in [4.69, 9.17) is 9.47 Å². The lowest BCUT2D eigenvalue weighted by atomic mass is 9.94. The van der Waals surface area contributed by atoms with Gasteiger partial charge in [-0.1, -0.05) is 15.9 Å². The van der Waals surface area contributed by atoms with Crippen molar-refractivity contribution in [3.8, 4) is 5.75 Å². The zero-order chi connectivity index (χ0) is 13.8. The third-order valence-electron chi connectivity index (χ3n) is 3.59. The van der Waals surface area contributed by atoms with Crippen LogP contribution in [0.2, 0.25) is 0 Å². The molecule has 0 bridgehead atoms. The van der Waals surface area contributed by atoms with Crippen molar-refractivity contribution in [1.82, 2.24) is 0 Å². The molecule has 1 saturated carbocycles. The van der Waals surface area contributed by atoms with Crippen LogP contribution >= 0.6 is 15.9 Å². The Morgan fingerprint density at radius 3 is 2.74 bits per heavy atom. The van der Waals surface area contributed by atoms with E-state index >= 15 is 0 Å². The normalized spacial score (nSPS) is 23.1. The molecule has 2 atom stereocenters. The van der Waals surface area contributed by atoms with Crippen LogP contribution in [0.5, 0.6) is 5.75 Å². The van der Waals surface area contributed by atoms with Crippen molar-refractivity contribution >= 4 is 22.2 Å². The van der Waals surface area contributed by atoms with Crippen molar-refractivity contribution in [2.24, 2.45) is 0 Å². The molecule has 0 aliphatic heterocycles. The Labute approximate surface area is 122 Å². The number of hydrogen-bond donors (Lipinski definition) is 0. The summed E-state index contributed by atoms with van der Waals surface area (Å²) < 4.78 is 12.4. The second-order valence-electron chi connectivity index (χ2n) is 5.02. The standard InChI is InChI=1S/C15H19BrO3/c1-10-6-12(16)7-11(9-17)15(10)19-14-5-3-4-13(8-14)18-2/h6-7,9,13-14H,3-5,8H2,1-2H3. The van der Waals surface area contributed by atoms with E-state index in [-0.39, 0.29) is 12.2 Å².